The monoisotopic (exact) mass is 318 g/mol. The Labute approximate surface area is 135 Å². The molecule has 0 atom stereocenters. The van der Waals surface area contributed by atoms with E-state index in [-0.39, 0.29) is 17.7 Å². The maximum absolute atomic E-state index is 11.9. The minimum absolute atomic E-state index is 0.0426. The first-order chi connectivity index (χ1) is 11.0. The van der Waals surface area contributed by atoms with Gasteiger partial charge in [0.1, 0.15) is 0 Å². The lowest BCUT2D eigenvalue weighted by Gasteiger charge is -2.26. The van der Waals surface area contributed by atoms with Crippen molar-refractivity contribution in [1.82, 2.24) is 5.32 Å². The van der Waals surface area contributed by atoms with Crippen LogP contribution in [0, 0.1) is 5.92 Å². The first-order valence-corrected chi connectivity index (χ1v) is 7.77. The second kappa shape index (κ2) is 7.76. The second-order valence-corrected chi connectivity index (χ2v) is 5.60. The minimum atomic E-state index is -0.495. The number of carbonyl (C=O) groups is 3. The first kappa shape index (κ1) is 17.0. The summed E-state index contributed by atoms with van der Waals surface area (Å²) in [4.78, 5) is 37.1. The fourth-order valence-corrected chi connectivity index (χ4v) is 2.54. The molecule has 0 unspecified atom stereocenters. The molecule has 1 saturated carbocycles. The van der Waals surface area contributed by atoms with Crippen molar-refractivity contribution in [1.29, 1.82) is 0 Å². The van der Waals surface area contributed by atoms with E-state index in [0.29, 0.717) is 24.3 Å². The van der Waals surface area contributed by atoms with Crippen LogP contribution in [0.4, 0.5) is 5.69 Å². The van der Waals surface area contributed by atoms with Crippen LogP contribution in [-0.4, -0.2) is 38.0 Å². The highest BCUT2D eigenvalue weighted by Gasteiger charge is 2.25. The average molecular weight is 318 g/mol. The Balaban J connectivity index is 2.05. The number of benzene rings is 1. The molecule has 0 heterocycles. The molecular weight excluding hydrogens is 296 g/mol. The summed E-state index contributed by atoms with van der Waals surface area (Å²) >= 11 is 0. The molecule has 0 spiro atoms. The quantitative estimate of drug-likeness (QED) is 0.811. The lowest BCUT2D eigenvalue weighted by atomic mass is 9.85. The van der Waals surface area contributed by atoms with Gasteiger partial charge in [-0.25, -0.2) is 4.79 Å². The second-order valence-electron chi connectivity index (χ2n) is 5.60. The third-order valence-electron chi connectivity index (χ3n) is 4.09. The van der Waals surface area contributed by atoms with Gasteiger partial charge in [-0.3, -0.25) is 9.59 Å². The third kappa shape index (κ3) is 4.09. The van der Waals surface area contributed by atoms with Gasteiger partial charge in [0.05, 0.1) is 18.4 Å². The van der Waals surface area contributed by atoms with Gasteiger partial charge in [0, 0.05) is 25.9 Å². The molecule has 1 aromatic carbocycles. The van der Waals surface area contributed by atoms with E-state index in [4.69, 9.17) is 4.74 Å². The number of nitrogens with zero attached hydrogens (tertiary/aromatic N) is 1. The van der Waals surface area contributed by atoms with Crippen molar-refractivity contribution in [2.75, 3.05) is 25.1 Å². The van der Waals surface area contributed by atoms with Gasteiger partial charge in [-0.15, -0.1) is 0 Å². The van der Waals surface area contributed by atoms with E-state index in [1.807, 2.05) is 0 Å². The average Bonchev–Trinajstić information content (AvgIpc) is 2.48. The molecule has 6 heteroatoms. The predicted molar refractivity (Wildman–Crippen MR) is 86.2 cm³/mol. The summed E-state index contributed by atoms with van der Waals surface area (Å²) in [6, 6.07) is 6.78. The van der Waals surface area contributed by atoms with E-state index in [2.05, 4.69) is 5.32 Å². The molecule has 23 heavy (non-hydrogen) atoms. The van der Waals surface area contributed by atoms with Gasteiger partial charge in [0.25, 0.3) is 0 Å². The Morgan fingerprint density at radius 1 is 1.26 bits per heavy atom. The molecule has 1 N–H and O–H groups in total. The zero-order valence-corrected chi connectivity index (χ0v) is 13.5. The molecular formula is C17H22N2O4. The molecule has 6 nitrogen and oxygen atoms in total. The van der Waals surface area contributed by atoms with Crippen molar-refractivity contribution in [3.05, 3.63) is 29.8 Å². The van der Waals surface area contributed by atoms with Crippen LogP contribution in [0.1, 0.15) is 36.5 Å². The van der Waals surface area contributed by atoms with Gasteiger partial charge < -0.3 is 15.0 Å². The summed E-state index contributed by atoms with van der Waals surface area (Å²) < 4.78 is 4.76. The van der Waals surface area contributed by atoms with E-state index in [9.17, 15) is 14.4 Å². The Morgan fingerprint density at radius 2 is 1.96 bits per heavy atom. The molecule has 0 bridgehead atoms. The lowest BCUT2D eigenvalue weighted by molar-refractivity contribution is -0.127. The van der Waals surface area contributed by atoms with E-state index >= 15 is 0 Å². The summed E-state index contributed by atoms with van der Waals surface area (Å²) in [6.07, 6.45) is 2.98. The van der Waals surface area contributed by atoms with Crippen molar-refractivity contribution >= 4 is 23.5 Å². The Kier molecular flexibility index (Phi) is 5.73. The van der Waals surface area contributed by atoms with Crippen molar-refractivity contribution in [3.63, 3.8) is 0 Å². The minimum Gasteiger partial charge on any atom is -0.465 e. The number of anilines is 1. The van der Waals surface area contributed by atoms with Crippen LogP contribution in [0.3, 0.4) is 0 Å². The van der Waals surface area contributed by atoms with Gasteiger partial charge in [0.15, 0.2) is 0 Å². The van der Waals surface area contributed by atoms with Gasteiger partial charge >= 0.3 is 5.97 Å². The molecule has 0 aliphatic heterocycles. The number of hydrogen-bond donors (Lipinski definition) is 1. The molecule has 1 aliphatic carbocycles. The zero-order chi connectivity index (χ0) is 16.8. The molecule has 1 aliphatic rings. The van der Waals surface area contributed by atoms with Crippen LogP contribution in [0.15, 0.2) is 24.3 Å². The number of nitrogens with one attached hydrogen (secondary N) is 1. The van der Waals surface area contributed by atoms with Crippen LogP contribution in [0.25, 0.3) is 0 Å². The first-order valence-electron chi connectivity index (χ1n) is 7.77. The molecule has 0 saturated heterocycles. The third-order valence-corrected chi connectivity index (χ3v) is 4.09. The Bertz CT molecular complexity index is 596. The van der Waals surface area contributed by atoms with Crippen LogP contribution < -0.4 is 10.2 Å². The van der Waals surface area contributed by atoms with Gasteiger partial charge in [-0.05, 0) is 25.0 Å². The molecule has 0 radical (unpaired) electrons. The normalized spacial score (nSPS) is 13.8. The summed E-state index contributed by atoms with van der Waals surface area (Å²) in [7, 11) is 1.30. The highest BCUT2D eigenvalue weighted by molar-refractivity contribution is 6.01. The van der Waals surface area contributed by atoms with Gasteiger partial charge in [-0.2, -0.15) is 0 Å². The maximum atomic E-state index is 11.9. The maximum Gasteiger partial charge on any atom is 0.339 e. The lowest BCUT2D eigenvalue weighted by Crippen LogP contribution is -2.41. The number of carbonyl (C=O) groups excluding carboxylic acids is 3. The van der Waals surface area contributed by atoms with Crippen molar-refractivity contribution in [3.8, 4) is 0 Å². The molecule has 1 aromatic rings. The summed E-state index contributed by atoms with van der Waals surface area (Å²) in [5, 5.41) is 2.85. The zero-order valence-electron chi connectivity index (χ0n) is 13.5. The molecule has 124 valence electrons. The number of esters is 1. The van der Waals surface area contributed by atoms with Crippen LogP contribution in [0.2, 0.25) is 0 Å². The Hall–Kier alpha value is -2.37. The molecule has 0 aromatic heterocycles. The SMILES string of the molecule is COC(=O)c1ccccc1N(CCNC(=O)C1CCC1)C(C)=O. The van der Waals surface area contributed by atoms with Gasteiger partial charge in [0.2, 0.25) is 11.8 Å². The van der Waals surface area contributed by atoms with Crippen LogP contribution in [0.5, 0.6) is 0 Å². The summed E-state index contributed by atoms with van der Waals surface area (Å²) in [5.41, 5.74) is 0.820. The predicted octanol–water partition coefficient (Wildman–Crippen LogP) is 1.74. The smallest absolute Gasteiger partial charge is 0.339 e. The van der Waals surface area contributed by atoms with E-state index < -0.39 is 5.97 Å². The highest BCUT2D eigenvalue weighted by Crippen LogP contribution is 2.26. The fraction of sp³-hybridized carbons (Fsp3) is 0.471. The topological polar surface area (TPSA) is 75.7 Å². The number of ether oxygens (including phenoxy) is 1. The van der Waals surface area contributed by atoms with E-state index in [0.717, 1.165) is 19.3 Å². The number of rotatable bonds is 6. The molecule has 2 rings (SSSR count). The number of methoxy groups -OCH3 is 1. The van der Waals surface area contributed by atoms with Gasteiger partial charge in [-0.1, -0.05) is 18.6 Å². The van der Waals surface area contributed by atoms with Crippen molar-refractivity contribution in [2.45, 2.75) is 26.2 Å². The van der Waals surface area contributed by atoms with E-state index in [1.165, 1.54) is 18.9 Å². The Morgan fingerprint density at radius 3 is 2.52 bits per heavy atom. The highest BCUT2D eigenvalue weighted by atomic mass is 16.5. The van der Waals surface area contributed by atoms with Crippen molar-refractivity contribution in [2.24, 2.45) is 5.92 Å². The van der Waals surface area contributed by atoms with Crippen molar-refractivity contribution < 1.29 is 19.1 Å². The molecule has 2 amide bonds. The number of para-hydroxylation sites is 1. The summed E-state index contributed by atoms with van der Waals surface area (Å²) in [6.45, 7) is 2.09. The fourth-order valence-electron chi connectivity index (χ4n) is 2.54. The number of hydrogen-bond acceptors (Lipinski definition) is 4. The largest absolute Gasteiger partial charge is 0.465 e. The standard InChI is InChI=1S/C17H22N2O4/c1-12(20)19(11-10-18-16(21)13-6-5-7-13)15-9-4-3-8-14(15)17(22)23-2/h3-4,8-9,13H,5-7,10-11H2,1-2H3,(H,18,21). The van der Waals surface area contributed by atoms with Crippen LogP contribution >= 0.6 is 0 Å². The van der Waals surface area contributed by atoms with Crippen LogP contribution in [-0.2, 0) is 14.3 Å². The van der Waals surface area contributed by atoms with E-state index in [1.54, 1.807) is 24.3 Å². The number of amides is 2. The molecule has 1 fully saturated rings. The summed E-state index contributed by atoms with van der Waals surface area (Å²) in [5.74, 6) is -0.534.